The Morgan fingerprint density at radius 2 is 2.14 bits per heavy atom. The van der Waals surface area contributed by atoms with E-state index in [0.29, 0.717) is 11.0 Å². The molecule has 3 rings (SSSR count). The zero-order valence-electron chi connectivity index (χ0n) is 11.6. The van der Waals surface area contributed by atoms with Crippen LogP contribution in [0.1, 0.15) is 34.7 Å². The number of rotatable bonds is 4. The molecule has 1 saturated carbocycles. The largest absolute Gasteiger partial charge is 0.464 e. The summed E-state index contributed by atoms with van der Waals surface area (Å²) in [6.45, 7) is 2.24. The van der Waals surface area contributed by atoms with Gasteiger partial charge in [0.1, 0.15) is 17.3 Å². The smallest absolute Gasteiger partial charge is 0.257 e. The second-order valence-electron chi connectivity index (χ2n) is 5.30. The lowest BCUT2D eigenvalue weighted by molar-refractivity contribution is 0.0712. The number of furan rings is 1. The highest BCUT2D eigenvalue weighted by Gasteiger charge is 2.34. The van der Waals surface area contributed by atoms with E-state index in [1.807, 2.05) is 19.1 Å². The van der Waals surface area contributed by atoms with E-state index in [2.05, 4.69) is 15.9 Å². The monoisotopic (exact) mass is 351 g/mol. The Morgan fingerprint density at radius 1 is 1.38 bits per heavy atom. The van der Waals surface area contributed by atoms with Crippen LogP contribution in [0.5, 0.6) is 0 Å². The van der Waals surface area contributed by atoms with Gasteiger partial charge in [-0.3, -0.25) is 4.79 Å². The average Bonchev–Trinajstić information content (AvgIpc) is 3.19. The third-order valence-corrected chi connectivity index (χ3v) is 4.03. The number of carbonyl (C=O) groups is 1. The first-order valence-corrected chi connectivity index (χ1v) is 7.65. The number of benzene rings is 1. The van der Waals surface area contributed by atoms with Crippen LogP contribution in [0.25, 0.3) is 0 Å². The molecule has 1 heterocycles. The molecule has 0 aliphatic heterocycles. The van der Waals surface area contributed by atoms with Crippen molar-refractivity contribution in [3.05, 3.63) is 57.7 Å². The van der Waals surface area contributed by atoms with Crippen molar-refractivity contribution < 1.29 is 13.6 Å². The molecular formula is C16H15BrFNO2. The number of halogens is 2. The molecule has 1 aliphatic rings. The van der Waals surface area contributed by atoms with Gasteiger partial charge < -0.3 is 9.32 Å². The summed E-state index contributed by atoms with van der Waals surface area (Å²) in [6.07, 6.45) is 1.92. The zero-order chi connectivity index (χ0) is 15.0. The summed E-state index contributed by atoms with van der Waals surface area (Å²) in [5.74, 6) is 0.750. The molecule has 0 atom stereocenters. The molecule has 3 nitrogen and oxygen atoms in total. The standard InChI is InChI=1S/C16H15BrFNO2/c1-10-2-6-13(21-10)9-19(12-4-5-12)16(20)14-7-3-11(17)8-15(14)18/h2-3,6-8,12H,4-5,9H2,1H3. The van der Waals surface area contributed by atoms with Gasteiger partial charge in [-0.05, 0) is 50.1 Å². The maximum Gasteiger partial charge on any atom is 0.257 e. The molecule has 5 heteroatoms. The predicted octanol–water partition coefficient (Wildman–Crippen LogP) is 4.29. The van der Waals surface area contributed by atoms with Crippen molar-refractivity contribution in [2.24, 2.45) is 0 Å². The third kappa shape index (κ3) is 3.18. The van der Waals surface area contributed by atoms with Gasteiger partial charge in [-0.2, -0.15) is 0 Å². The van der Waals surface area contributed by atoms with Gasteiger partial charge >= 0.3 is 0 Å². The van der Waals surface area contributed by atoms with E-state index in [1.165, 1.54) is 12.1 Å². The van der Waals surface area contributed by atoms with Gasteiger partial charge in [-0.25, -0.2) is 4.39 Å². The van der Waals surface area contributed by atoms with E-state index in [1.54, 1.807) is 11.0 Å². The molecule has 0 spiro atoms. The molecular weight excluding hydrogens is 337 g/mol. The van der Waals surface area contributed by atoms with E-state index in [4.69, 9.17) is 4.42 Å². The van der Waals surface area contributed by atoms with Crippen LogP contribution in [0.2, 0.25) is 0 Å². The quantitative estimate of drug-likeness (QED) is 0.822. The molecule has 110 valence electrons. The van der Waals surface area contributed by atoms with Gasteiger partial charge in [0.2, 0.25) is 0 Å². The molecule has 0 bridgehead atoms. The zero-order valence-corrected chi connectivity index (χ0v) is 13.2. The molecule has 1 fully saturated rings. The molecule has 0 saturated heterocycles. The van der Waals surface area contributed by atoms with E-state index < -0.39 is 5.82 Å². The number of amides is 1. The number of hydrogen-bond acceptors (Lipinski definition) is 2. The van der Waals surface area contributed by atoms with Crippen molar-refractivity contribution in [1.29, 1.82) is 0 Å². The summed E-state index contributed by atoms with van der Waals surface area (Å²) in [6, 6.07) is 8.42. The summed E-state index contributed by atoms with van der Waals surface area (Å²) in [4.78, 5) is 14.3. The van der Waals surface area contributed by atoms with Crippen LogP contribution in [0.4, 0.5) is 4.39 Å². The fraction of sp³-hybridized carbons (Fsp3) is 0.312. The van der Waals surface area contributed by atoms with Crippen LogP contribution in [0.15, 0.2) is 39.2 Å². The first-order valence-electron chi connectivity index (χ1n) is 6.86. The fourth-order valence-corrected chi connectivity index (χ4v) is 2.64. The molecule has 21 heavy (non-hydrogen) atoms. The lowest BCUT2D eigenvalue weighted by Gasteiger charge is -2.21. The predicted molar refractivity (Wildman–Crippen MR) is 80.4 cm³/mol. The molecule has 1 aromatic heterocycles. The molecule has 1 amide bonds. The highest BCUT2D eigenvalue weighted by atomic mass is 79.9. The van der Waals surface area contributed by atoms with Crippen molar-refractivity contribution in [2.45, 2.75) is 32.4 Å². The van der Waals surface area contributed by atoms with Crippen molar-refractivity contribution in [3.8, 4) is 0 Å². The van der Waals surface area contributed by atoms with Crippen molar-refractivity contribution in [3.63, 3.8) is 0 Å². The van der Waals surface area contributed by atoms with Crippen molar-refractivity contribution >= 4 is 21.8 Å². The SMILES string of the molecule is Cc1ccc(CN(C(=O)c2ccc(Br)cc2F)C2CC2)o1. The Labute approximate surface area is 130 Å². The Hall–Kier alpha value is -1.62. The van der Waals surface area contributed by atoms with Gasteiger partial charge in [0.05, 0.1) is 12.1 Å². The highest BCUT2D eigenvalue weighted by Crippen LogP contribution is 2.31. The lowest BCUT2D eigenvalue weighted by atomic mass is 10.1. The Bertz CT molecular complexity index is 679. The molecule has 1 aromatic carbocycles. The van der Waals surface area contributed by atoms with Crippen LogP contribution >= 0.6 is 15.9 Å². The van der Waals surface area contributed by atoms with Crippen LogP contribution in [0, 0.1) is 12.7 Å². The van der Waals surface area contributed by atoms with Crippen LogP contribution in [-0.4, -0.2) is 16.8 Å². The summed E-state index contributed by atoms with van der Waals surface area (Å²) < 4.78 is 20.1. The number of carbonyl (C=O) groups excluding carboxylic acids is 1. The van der Waals surface area contributed by atoms with Gasteiger partial charge in [-0.15, -0.1) is 0 Å². The maximum atomic E-state index is 14.0. The molecule has 0 unspecified atom stereocenters. The first kappa shape index (κ1) is 14.3. The number of nitrogens with zero attached hydrogens (tertiary/aromatic N) is 1. The minimum atomic E-state index is -0.504. The third-order valence-electron chi connectivity index (χ3n) is 3.53. The summed E-state index contributed by atoms with van der Waals surface area (Å²) in [5, 5.41) is 0. The minimum absolute atomic E-state index is 0.105. The van der Waals surface area contributed by atoms with Gasteiger partial charge in [-0.1, -0.05) is 15.9 Å². The van der Waals surface area contributed by atoms with Crippen molar-refractivity contribution in [2.75, 3.05) is 0 Å². The van der Waals surface area contributed by atoms with Gasteiger partial charge in [0.15, 0.2) is 0 Å². The second-order valence-corrected chi connectivity index (χ2v) is 6.22. The highest BCUT2D eigenvalue weighted by molar-refractivity contribution is 9.10. The number of aryl methyl sites for hydroxylation is 1. The molecule has 0 N–H and O–H groups in total. The summed E-state index contributed by atoms with van der Waals surface area (Å²) in [7, 11) is 0. The number of hydrogen-bond donors (Lipinski definition) is 0. The Morgan fingerprint density at radius 3 is 2.71 bits per heavy atom. The van der Waals surface area contributed by atoms with Gasteiger partial charge in [0.25, 0.3) is 5.91 Å². The fourth-order valence-electron chi connectivity index (χ4n) is 2.31. The van der Waals surface area contributed by atoms with E-state index in [0.717, 1.165) is 24.4 Å². The van der Waals surface area contributed by atoms with Crippen LogP contribution in [0.3, 0.4) is 0 Å². The molecule has 1 aliphatic carbocycles. The summed E-state index contributed by atoms with van der Waals surface area (Å²) >= 11 is 3.20. The van der Waals surface area contributed by atoms with Crippen LogP contribution < -0.4 is 0 Å². The van der Waals surface area contributed by atoms with Gasteiger partial charge in [0, 0.05) is 10.5 Å². The minimum Gasteiger partial charge on any atom is -0.464 e. The van der Waals surface area contributed by atoms with Crippen LogP contribution in [-0.2, 0) is 6.54 Å². The molecule has 0 radical (unpaired) electrons. The Balaban J connectivity index is 1.85. The van der Waals surface area contributed by atoms with E-state index >= 15 is 0 Å². The van der Waals surface area contributed by atoms with Crippen molar-refractivity contribution in [1.82, 2.24) is 4.90 Å². The maximum absolute atomic E-state index is 14.0. The normalized spacial score (nSPS) is 14.2. The Kier molecular flexibility index (Phi) is 3.85. The molecule has 2 aromatic rings. The second kappa shape index (κ2) is 5.64. The lowest BCUT2D eigenvalue weighted by Crippen LogP contribution is -2.33. The van der Waals surface area contributed by atoms with E-state index in [9.17, 15) is 9.18 Å². The summed E-state index contributed by atoms with van der Waals surface area (Å²) in [5.41, 5.74) is 0.105. The average molecular weight is 352 g/mol. The van der Waals surface area contributed by atoms with E-state index in [-0.39, 0.29) is 17.5 Å². The first-order chi connectivity index (χ1) is 10.0. The topological polar surface area (TPSA) is 33.5 Å².